The lowest BCUT2D eigenvalue weighted by Gasteiger charge is -2.12. The highest BCUT2D eigenvalue weighted by Gasteiger charge is 2.21. The maximum atomic E-state index is 13.1. The Morgan fingerprint density at radius 1 is 1.21 bits per heavy atom. The first-order chi connectivity index (χ1) is 13.8. The minimum atomic E-state index is -0.203. The van der Waals surface area contributed by atoms with E-state index in [1.165, 1.54) is 11.8 Å². The fraction of sp³-hybridized carbons (Fsp3) is 0.300. The Labute approximate surface area is 176 Å². The van der Waals surface area contributed by atoms with Crippen LogP contribution in [0.5, 0.6) is 0 Å². The van der Waals surface area contributed by atoms with Crippen molar-refractivity contribution in [1.82, 2.24) is 19.7 Å². The maximum Gasteiger partial charge on any atom is 0.262 e. The first-order valence-electron chi connectivity index (χ1n) is 8.99. The summed E-state index contributed by atoms with van der Waals surface area (Å²) in [6, 6.07) is 8.66. The summed E-state index contributed by atoms with van der Waals surface area (Å²) in [4.78, 5) is 22.2. The van der Waals surface area contributed by atoms with Gasteiger partial charge in [-0.3, -0.25) is 9.36 Å². The second-order valence-electron chi connectivity index (χ2n) is 7.58. The molecule has 0 saturated carbocycles. The van der Waals surface area contributed by atoms with E-state index in [4.69, 9.17) is 20.5 Å². The van der Waals surface area contributed by atoms with Crippen molar-refractivity contribution in [3.8, 4) is 0 Å². The molecule has 0 atom stereocenters. The van der Waals surface area contributed by atoms with Crippen molar-refractivity contribution in [2.45, 2.75) is 43.6 Å². The van der Waals surface area contributed by atoms with Crippen LogP contribution in [0.15, 0.2) is 55.5 Å². The smallest absolute Gasteiger partial charge is 0.262 e. The van der Waals surface area contributed by atoms with Crippen molar-refractivity contribution in [1.29, 1.82) is 0 Å². The monoisotopic (exact) mass is 430 g/mol. The van der Waals surface area contributed by atoms with E-state index in [2.05, 4.69) is 15.1 Å². The zero-order valence-corrected chi connectivity index (χ0v) is 17.8. The van der Waals surface area contributed by atoms with Crippen LogP contribution in [-0.2, 0) is 17.7 Å². The number of aromatic nitrogens is 4. The molecular weight excluding hydrogens is 412 g/mol. The van der Waals surface area contributed by atoms with E-state index in [0.29, 0.717) is 44.3 Å². The van der Waals surface area contributed by atoms with Crippen LogP contribution >= 0.6 is 23.4 Å². The van der Waals surface area contributed by atoms with Gasteiger partial charge in [0.15, 0.2) is 11.0 Å². The average molecular weight is 431 g/mol. The molecule has 0 aliphatic heterocycles. The van der Waals surface area contributed by atoms with Gasteiger partial charge in [0.1, 0.15) is 5.76 Å². The van der Waals surface area contributed by atoms with Gasteiger partial charge < -0.3 is 8.94 Å². The SMILES string of the molecule is CC(C)(C)c1noc(CSc2nc3cc(Cl)ccc3c(=O)n2Cc2ccco2)n1. The molecule has 0 aliphatic rings. The molecule has 29 heavy (non-hydrogen) atoms. The standard InChI is InChI=1S/C20H19ClN4O3S/c1-20(2,3)18-23-16(28-24-18)11-29-19-22-15-9-12(21)6-7-14(15)17(26)25(19)10-13-5-4-8-27-13/h4-9H,10-11H2,1-3H3. The van der Waals surface area contributed by atoms with E-state index >= 15 is 0 Å². The molecule has 3 aromatic heterocycles. The highest BCUT2D eigenvalue weighted by Crippen LogP contribution is 2.25. The third-order valence-corrected chi connectivity index (χ3v) is 5.44. The predicted octanol–water partition coefficient (Wildman–Crippen LogP) is 4.66. The summed E-state index contributed by atoms with van der Waals surface area (Å²) in [6.45, 7) is 6.33. The molecule has 0 saturated heterocycles. The Morgan fingerprint density at radius 2 is 2.03 bits per heavy atom. The normalized spacial score (nSPS) is 12.0. The average Bonchev–Trinajstić information content (AvgIpc) is 3.34. The lowest BCUT2D eigenvalue weighted by atomic mass is 9.96. The summed E-state index contributed by atoms with van der Waals surface area (Å²) in [5.74, 6) is 2.17. The van der Waals surface area contributed by atoms with E-state index in [9.17, 15) is 4.79 Å². The number of thioether (sulfide) groups is 1. The first-order valence-corrected chi connectivity index (χ1v) is 10.4. The van der Waals surface area contributed by atoms with Gasteiger partial charge >= 0.3 is 0 Å². The van der Waals surface area contributed by atoms with Crippen LogP contribution in [0.1, 0.15) is 38.2 Å². The third kappa shape index (κ3) is 4.23. The summed E-state index contributed by atoms with van der Waals surface area (Å²) in [7, 11) is 0. The van der Waals surface area contributed by atoms with Crippen molar-refractivity contribution in [3.05, 3.63) is 69.4 Å². The number of fused-ring (bicyclic) bond motifs is 1. The molecule has 0 fully saturated rings. The van der Waals surface area contributed by atoms with Crippen LogP contribution in [-0.4, -0.2) is 19.7 Å². The number of furan rings is 1. The van der Waals surface area contributed by atoms with Gasteiger partial charge in [0.05, 0.1) is 29.5 Å². The number of benzene rings is 1. The molecule has 0 radical (unpaired) electrons. The van der Waals surface area contributed by atoms with Gasteiger partial charge in [-0.25, -0.2) is 4.98 Å². The van der Waals surface area contributed by atoms with Crippen molar-refractivity contribution >= 4 is 34.3 Å². The third-order valence-electron chi connectivity index (χ3n) is 4.24. The van der Waals surface area contributed by atoms with Crippen LogP contribution in [0.25, 0.3) is 10.9 Å². The predicted molar refractivity (Wildman–Crippen MR) is 111 cm³/mol. The summed E-state index contributed by atoms with van der Waals surface area (Å²) in [5.41, 5.74) is 0.180. The minimum Gasteiger partial charge on any atom is -0.467 e. The molecule has 0 N–H and O–H groups in total. The molecule has 4 rings (SSSR count). The molecule has 0 unspecified atom stereocenters. The Hall–Kier alpha value is -2.58. The zero-order valence-electron chi connectivity index (χ0n) is 16.2. The Bertz CT molecular complexity index is 1210. The van der Waals surface area contributed by atoms with Crippen LogP contribution < -0.4 is 5.56 Å². The van der Waals surface area contributed by atoms with Gasteiger partial charge in [-0.1, -0.05) is 49.3 Å². The van der Waals surface area contributed by atoms with Crippen LogP contribution in [0, 0.1) is 0 Å². The van der Waals surface area contributed by atoms with Crippen LogP contribution in [0.3, 0.4) is 0 Å². The topological polar surface area (TPSA) is 87.0 Å². The number of nitrogens with zero attached hydrogens (tertiary/aromatic N) is 4. The first kappa shape index (κ1) is 19.7. The van der Waals surface area contributed by atoms with Crippen molar-refractivity contribution in [3.63, 3.8) is 0 Å². The lowest BCUT2D eigenvalue weighted by Crippen LogP contribution is -2.23. The molecule has 150 valence electrons. The summed E-state index contributed by atoms with van der Waals surface area (Å²) in [5, 5.41) is 5.59. The van der Waals surface area contributed by atoms with E-state index < -0.39 is 0 Å². The van der Waals surface area contributed by atoms with E-state index in [-0.39, 0.29) is 17.5 Å². The van der Waals surface area contributed by atoms with Crippen molar-refractivity contribution in [2.24, 2.45) is 0 Å². The second kappa shape index (κ2) is 7.68. The van der Waals surface area contributed by atoms with Gasteiger partial charge in [0.2, 0.25) is 5.89 Å². The molecule has 0 bridgehead atoms. The zero-order chi connectivity index (χ0) is 20.6. The molecule has 3 heterocycles. The van der Waals surface area contributed by atoms with Gasteiger partial charge in [0, 0.05) is 10.4 Å². The fourth-order valence-corrected chi connectivity index (χ4v) is 3.73. The molecular formula is C20H19ClN4O3S. The quantitative estimate of drug-likeness (QED) is 0.336. The van der Waals surface area contributed by atoms with Crippen LogP contribution in [0.2, 0.25) is 5.02 Å². The molecule has 9 heteroatoms. The Balaban J connectivity index is 1.71. The Morgan fingerprint density at radius 3 is 2.72 bits per heavy atom. The summed E-state index contributed by atoms with van der Waals surface area (Å²) in [6.07, 6.45) is 1.58. The summed E-state index contributed by atoms with van der Waals surface area (Å²) >= 11 is 7.44. The van der Waals surface area contributed by atoms with Crippen molar-refractivity contribution < 1.29 is 8.94 Å². The van der Waals surface area contributed by atoms with Gasteiger partial charge in [0.25, 0.3) is 5.56 Å². The highest BCUT2D eigenvalue weighted by atomic mass is 35.5. The molecule has 0 amide bonds. The molecule has 0 spiro atoms. The van der Waals surface area contributed by atoms with Crippen LogP contribution in [0.4, 0.5) is 0 Å². The van der Waals surface area contributed by atoms with E-state index in [1.54, 1.807) is 35.1 Å². The fourth-order valence-electron chi connectivity index (χ4n) is 2.73. The van der Waals surface area contributed by atoms with Gasteiger partial charge in [-0.15, -0.1) is 0 Å². The molecule has 0 aliphatic carbocycles. The molecule has 7 nitrogen and oxygen atoms in total. The highest BCUT2D eigenvalue weighted by molar-refractivity contribution is 7.98. The molecule has 4 aromatic rings. The van der Waals surface area contributed by atoms with E-state index in [1.807, 2.05) is 26.8 Å². The lowest BCUT2D eigenvalue weighted by molar-refractivity contribution is 0.372. The maximum absolute atomic E-state index is 13.1. The van der Waals surface area contributed by atoms with Gasteiger partial charge in [-0.2, -0.15) is 4.98 Å². The number of halogens is 1. The van der Waals surface area contributed by atoms with Gasteiger partial charge in [-0.05, 0) is 30.3 Å². The number of hydrogen-bond donors (Lipinski definition) is 0. The van der Waals surface area contributed by atoms with E-state index in [0.717, 1.165) is 0 Å². The Kier molecular flexibility index (Phi) is 5.23. The number of hydrogen-bond acceptors (Lipinski definition) is 7. The second-order valence-corrected chi connectivity index (χ2v) is 8.96. The minimum absolute atomic E-state index is 0.161. The summed E-state index contributed by atoms with van der Waals surface area (Å²) < 4.78 is 12.4. The molecule has 1 aromatic carbocycles. The number of rotatable bonds is 5. The van der Waals surface area contributed by atoms with Crippen molar-refractivity contribution in [2.75, 3.05) is 0 Å². The largest absolute Gasteiger partial charge is 0.467 e.